The highest BCUT2D eigenvalue weighted by molar-refractivity contribution is 7.47. The first-order chi connectivity index (χ1) is 31.0. The summed E-state index contributed by atoms with van der Waals surface area (Å²) >= 11 is 0. The largest absolute Gasteiger partial charge is 0.472 e. The highest BCUT2D eigenvalue weighted by atomic mass is 31.2. The summed E-state index contributed by atoms with van der Waals surface area (Å²) in [7, 11) is 1.54. The third-order valence-electron chi connectivity index (χ3n) is 11.7. The predicted molar refractivity (Wildman–Crippen MR) is 277 cm³/mol. The van der Waals surface area contributed by atoms with Crippen molar-refractivity contribution in [2.45, 2.75) is 244 Å². The molecular formula is C55H104N2O6P+. The predicted octanol–water partition coefficient (Wildman–Crippen LogP) is 15.8. The highest BCUT2D eigenvalue weighted by Crippen LogP contribution is 2.43. The van der Waals surface area contributed by atoms with Gasteiger partial charge in [0.15, 0.2) is 0 Å². The van der Waals surface area contributed by atoms with Crippen molar-refractivity contribution in [1.29, 1.82) is 0 Å². The van der Waals surface area contributed by atoms with Gasteiger partial charge in [-0.1, -0.05) is 209 Å². The summed E-state index contributed by atoms with van der Waals surface area (Å²) < 4.78 is 23.6. The van der Waals surface area contributed by atoms with Crippen molar-refractivity contribution in [1.82, 2.24) is 5.32 Å². The molecule has 0 radical (unpaired) electrons. The molecular weight excluding hydrogens is 816 g/mol. The van der Waals surface area contributed by atoms with Crippen LogP contribution in [0.3, 0.4) is 0 Å². The number of phosphoric acid groups is 1. The van der Waals surface area contributed by atoms with Crippen LogP contribution in [0.4, 0.5) is 0 Å². The maximum Gasteiger partial charge on any atom is 0.472 e. The molecule has 3 N–H and O–H groups in total. The Morgan fingerprint density at radius 3 is 1.34 bits per heavy atom. The highest BCUT2D eigenvalue weighted by Gasteiger charge is 2.27. The van der Waals surface area contributed by atoms with Crippen LogP contribution in [0.2, 0.25) is 0 Å². The monoisotopic (exact) mass is 920 g/mol. The van der Waals surface area contributed by atoms with Gasteiger partial charge in [-0.2, -0.15) is 0 Å². The summed E-state index contributed by atoms with van der Waals surface area (Å²) in [6, 6.07) is -0.871. The van der Waals surface area contributed by atoms with Crippen molar-refractivity contribution in [3.05, 3.63) is 60.8 Å². The van der Waals surface area contributed by atoms with E-state index in [1.807, 2.05) is 27.2 Å². The van der Waals surface area contributed by atoms with E-state index in [1.54, 1.807) is 6.08 Å². The normalized spacial score (nSPS) is 14.5. The van der Waals surface area contributed by atoms with Gasteiger partial charge in [0.05, 0.1) is 39.9 Å². The molecule has 0 aromatic carbocycles. The number of nitrogens with one attached hydrogen (secondary N) is 1. The molecule has 374 valence electrons. The Labute approximate surface area is 396 Å². The average Bonchev–Trinajstić information content (AvgIpc) is 3.25. The number of allylic oxidation sites excluding steroid dienone is 9. The molecule has 9 heteroatoms. The zero-order valence-electron chi connectivity index (χ0n) is 42.5. The summed E-state index contributed by atoms with van der Waals surface area (Å²) in [4.78, 5) is 23.2. The summed E-state index contributed by atoms with van der Waals surface area (Å²) in [5.74, 6) is -0.192. The molecule has 0 aliphatic carbocycles. The van der Waals surface area contributed by atoms with E-state index in [2.05, 4.69) is 67.8 Å². The van der Waals surface area contributed by atoms with E-state index in [-0.39, 0.29) is 19.1 Å². The number of likely N-dealkylation sites (N-methyl/N-ethyl adjacent to an activating group) is 1. The lowest BCUT2D eigenvalue weighted by Gasteiger charge is -2.25. The molecule has 0 aliphatic rings. The van der Waals surface area contributed by atoms with E-state index in [9.17, 15) is 19.4 Å². The molecule has 0 rings (SSSR count). The van der Waals surface area contributed by atoms with Crippen molar-refractivity contribution in [2.24, 2.45) is 0 Å². The van der Waals surface area contributed by atoms with Crippen LogP contribution in [0.15, 0.2) is 60.8 Å². The Bertz CT molecular complexity index is 1230. The Morgan fingerprint density at radius 2 is 0.906 bits per heavy atom. The summed E-state index contributed by atoms with van der Waals surface area (Å²) in [5, 5.41) is 13.9. The van der Waals surface area contributed by atoms with Crippen LogP contribution in [0.1, 0.15) is 232 Å². The van der Waals surface area contributed by atoms with Crippen molar-refractivity contribution in [2.75, 3.05) is 40.9 Å². The van der Waals surface area contributed by atoms with E-state index >= 15 is 0 Å². The second kappa shape index (κ2) is 46.3. The van der Waals surface area contributed by atoms with Gasteiger partial charge in [0.1, 0.15) is 13.2 Å². The van der Waals surface area contributed by atoms with Gasteiger partial charge in [-0.05, 0) is 77.0 Å². The molecule has 3 unspecified atom stereocenters. The number of phosphoric ester groups is 1. The third-order valence-corrected chi connectivity index (χ3v) is 12.7. The van der Waals surface area contributed by atoms with Crippen LogP contribution < -0.4 is 5.32 Å². The molecule has 0 saturated carbocycles. The smallest absolute Gasteiger partial charge is 0.387 e. The quantitative estimate of drug-likeness (QED) is 0.0243. The number of unbranched alkanes of at least 4 members (excludes halogenated alkanes) is 27. The number of rotatable bonds is 48. The molecule has 0 saturated heterocycles. The van der Waals surface area contributed by atoms with E-state index in [4.69, 9.17) is 9.05 Å². The topological polar surface area (TPSA) is 105 Å². The number of hydrogen-bond donors (Lipinski definition) is 3. The van der Waals surface area contributed by atoms with E-state index in [0.717, 1.165) is 51.4 Å². The number of hydrogen-bond acceptors (Lipinski definition) is 5. The van der Waals surface area contributed by atoms with E-state index in [0.29, 0.717) is 17.4 Å². The van der Waals surface area contributed by atoms with Crippen LogP contribution in [-0.4, -0.2) is 73.4 Å². The lowest BCUT2D eigenvalue weighted by atomic mass is 10.0. The molecule has 0 fully saturated rings. The van der Waals surface area contributed by atoms with Gasteiger partial charge in [0, 0.05) is 6.42 Å². The molecule has 0 aromatic rings. The maximum atomic E-state index is 12.9. The lowest BCUT2D eigenvalue weighted by molar-refractivity contribution is -0.870. The molecule has 0 aliphatic heterocycles. The first-order valence-corrected chi connectivity index (χ1v) is 28.2. The molecule has 8 nitrogen and oxygen atoms in total. The number of quaternary nitrogens is 1. The summed E-state index contributed by atoms with van der Waals surface area (Å²) in [6.45, 7) is 4.77. The first kappa shape index (κ1) is 62.2. The number of carbonyl (C=O) groups excluding carboxylic acids is 1. The SMILES string of the molecule is CCCCCCC/C=C\C/C=C\CCCCCCCCCCCCCCCC(=O)NC(COP(=O)(O)OCC[N+](C)(C)C)C(O)/C=C/CC/C=C/CC/C=C/CCCCCCCCC. The molecule has 0 aromatic heterocycles. The van der Waals surface area contributed by atoms with Gasteiger partial charge >= 0.3 is 7.82 Å². The van der Waals surface area contributed by atoms with Crippen molar-refractivity contribution < 1.29 is 32.9 Å². The zero-order chi connectivity index (χ0) is 47.1. The maximum absolute atomic E-state index is 12.9. The minimum atomic E-state index is -4.36. The fourth-order valence-corrected chi connectivity index (χ4v) is 8.19. The van der Waals surface area contributed by atoms with Gasteiger partial charge in [-0.3, -0.25) is 13.8 Å². The fraction of sp³-hybridized carbons (Fsp3) is 0.800. The van der Waals surface area contributed by atoms with Crippen LogP contribution in [0.25, 0.3) is 0 Å². The van der Waals surface area contributed by atoms with Gasteiger partial charge in [-0.25, -0.2) is 4.57 Å². The van der Waals surface area contributed by atoms with Crippen LogP contribution in [-0.2, 0) is 18.4 Å². The van der Waals surface area contributed by atoms with Gasteiger partial charge < -0.3 is 19.8 Å². The number of aliphatic hydroxyl groups is 1. The van der Waals surface area contributed by atoms with E-state index in [1.165, 1.54) is 161 Å². The summed E-state index contributed by atoms with van der Waals surface area (Å²) in [5.41, 5.74) is 0. The Kier molecular flexibility index (Phi) is 45.0. The zero-order valence-corrected chi connectivity index (χ0v) is 43.4. The Balaban J connectivity index is 4.29. The molecule has 0 spiro atoms. The lowest BCUT2D eigenvalue weighted by Crippen LogP contribution is -2.45. The third kappa shape index (κ3) is 48.1. The Morgan fingerprint density at radius 1 is 0.531 bits per heavy atom. The number of amides is 1. The minimum Gasteiger partial charge on any atom is -0.387 e. The van der Waals surface area contributed by atoms with Crippen LogP contribution >= 0.6 is 7.82 Å². The first-order valence-electron chi connectivity index (χ1n) is 26.7. The molecule has 64 heavy (non-hydrogen) atoms. The number of carbonyl (C=O) groups is 1. The van der Waals surface area contributed by atoms with Crippen LogP contribution in [0, 0.1) is 0 Å². The number of nitrogens with zero attached hydrogens (tertiary/aromatic N) is 1. The van der Waals surface area contributed by atoms with E-state index < -0.39 is 20.0 Å². The minimum absolute atomic E-state index is 0.0520. The van der Waals surface area contributed by atoms with Crippen molar-refractivity contribution in [3.63, 3.8) is 0 Å². The number of aliphatic hydroxyl groups excluding tert-OH is 1. The van der Waals surface area contributed by atoms with Gasteiger partial charge in [0.2, 0.25) is 5.91 Å². The Hall–Kier alpha value is -1.80. The molecule has 1 amide bonds. The second-order valence-electron chi connectivity index (χ2n) is 19.2. The van der Waals surface area contributed by atoms with Crippen LogP contribution in [0.5, 0.6) is 0 Å². The second-order valence-corrected chi connectivity index (χ2v) is 20.7. The average molecular weight is 920 g/mol. The van der Waals surface area contributed by atoms with Gasteiger partial charge in [0.25, 0.3) is 0 Å². The molecule has 3 atom stereocenters. The van der Waals surface area contributed by atoms with Crippen molar-refractivity contribution in [3.8, 4) is 0 Å². The fourth-order valence-electron chi connectivity index (χ4n) is 7.46. The van der Waals surface area contributed by atoms with Gasteiger partial charge in [-0.15, -0.1) is 0 Å². The summed E-state index contributed by atoms with van der Waals surface area (Å²) in [6.07, 6.45) is 61.7. The standard InChI is InChI=1S/C55H103N2O6P/c1-6-8-10-12-14-16-18-20-22-24-25-26-27-28-29-30-31-33-35-37-39-41-43-45-47-49-55(59)56-53(52-63-64(60,61)62-51-50-57(3,4)5)54(58)48-46-44-42-40-38-36-34-32-23-21-19-17-15-13-11-9-7-2/h18,20,23-25,32,38,40,46,48,53-54,58H,6-17,19,21-22,26-31,33-37,39,41-45,47,49-52H2,1-5H3,(H-,56,59,60,61)/p+1/b20-18-,25-24-,32-23+,40-38+,48-46+. The van der Waals surface area contributed by atoms with Crippen molar-refractivity contribution >= 4 is 13.7 Å². The molecule has 0 heterocycles. The molecule has 0 bridgehead atoms.